The molecule has 23 heavy (non-hydrogen) atoms. The van der Waals surface area contributed by atoms with Gasteiger partial charge in [-0.3, -0.25) is 0 Å². The highest BCUT2D eigenvalue weighted by Crippen LogP contribution is 2.28. The van der Waals surface area contributed by atoms with Crippen molar-refractivity contribution in [2.75, 3.05) is 7.11 Å². The SMILES string of the molecule is COc1ccc(-c2ncnc3c2ncn3Cc2ccccc2)o1. The van der Waals surface area contributed by atoms with Crippen LogP contribution >= 0.6 is 0 Å². The van der Waals surface area contributed by atoms with Crippen LogP contribution in [0.2, 0.25) is 0 Å². The van der Waals surface area contributed by atoms with E-state index in [-0.39, 0.29) is 0 Å². The first-order chi connectivity index (χ1) is 11.3. The van der Waals surface area contributed by atoms with Gasteiger partial charge < -0.3 is 13.7 Å². The molecule has 0 saturated heterocycles. The zero-order chi connectivity index (χ0) is 15.6. The second-order valence-corrected chi connectivity index (χ2v) is 5.08. The molecule has 1 aromatic carbocycles. The zero-order valence-corrected chi connectivity index (χ0v) is 12.5. The van der Waals surface area contributed by atoms with E-state index in [1.54, 1.807) is 19.5 Å². The third kappa shape index (κ3) is 2.44. The van der Waals surface area contributed by atoms with Crippen molar-refractivity contribution < 1.29 is 9.15 Å². The summed E-state index contributed by atoms with van der Waals surface area (Å²) in [6.45, 7) is 0.704. The third-order valence-corrected chi connectivity index (χ3v) is 3.61. The van der Waals surface area contributed by atoms with Crippen molar-refractivity contribution in [2.45, 2.75) is 6.54 Å². The number of benzene rings is 1. The normalized spacial score (nSPS) is 11.0. The second-order valence-electron chi connectivity index (χ2n) is 5.08. The first-order valence-electron chi connectivity index (χ1n) is 7.19. The van der Waals surface area contributed by atoms with Gasteiger partial charge in [-0.2, -0.15) is 0 Å². The molecule has 3 aromatic heterocycles. The van der Waals surface area contributed by atoms with Crippen LogP contribution in [0.25, 0.3) is 22.6 Å². The minimum Gasteiger partial charge on any atom is -0.468 e. The first-order valence-corrected chi connectivity index (χ1v) is 7.19. The van der Waals surface area contributed by atoms with Crippen LogP contribution < -0.4 is 4.74 Å². The standard InChI is InChI=1S/C17H14N4O2/c1-22-14-8-7-13(23-14)15-16-17(19-10-18-15)21(11-20-16)9-12-5-3-2-4-6-12/h2-8,10-11H,9H2,1H3. The monoisotopic (exact) mass is 306 g/mol. The number of nitrogens with zero attached hydrogens (tertiary/aromatic N) is 4. The number of aromatic nitrogens is 4. The Kier molecular flexibility index (Phi) is 3.27. The fourth-order valence-corrected chi connectivity index (χ4v) is 2.51. The molecule has 0 fully saturated rings. The summed E-state index contributed by atoms with van der Waals surface area (Å²) in [5.41, 5.74) is 3.33. The Morgan fingerprint density at radius 3 is 2.70 bits per heavy atom. The second kappa shape index (κ2) is 5.57. The smallest absolute Gasteiger partial charge is 0.284 e. The van der Waals surface area contributed by atoms with Crippen molar-refractivity contribution in [2.24, 2.45) is 0 Å². The quantitative estimate of drug-likeness (QED) is 0.579. The van der Waals surface area contributed by atoms with Crippen LogP contribution in [0.5, 0.6) is 5.95 Å². The summed E-state index contributed by atoms with van der Waals surface area (Å²) in [4.78, 5) is 13.1. The van der Waals surface area contributed by atoms with Gasteiger partial charge in [0.15, 0.2) is 11.4 Å². The van der Waals surface area contributed by atoms with Crippen LogP contribution in [0.15, 0.2) is 59.5 Å². The molecule has 0 radical (unpaired) electrons. The molecule has 0 amide bonds. The highest BCUT2D eigenvalue weighted by molar-refractivity contribution is 5.85. The summed E-state index contributed by atoms with van der Waals surface area (Å²) in [5, 5.41) is 0. The molecule has 0 aliphatic rings. The summed E-state index contributed by atoms with van der Waals surface area (Å²) < 4.78 is 12.7. The maximum Gasteiger partial charge on any atom is 0.284 e. The van der Waals surface area contributed by atoms with Gasteiger partial charge in [0.05, 0.1) is 20.0 Å². The Morgan fingerprint density at radius 2 is 1.91 bits per heavy atom. The number of ether oxygens (including phenoxy) is 1. The van der Waals surface area contributed by atoms with E-state index in [1.807, 2.05) is 28.8 Å². The highest BCUT2D eigenvalue weighted by atomic mass is 16.6. The van der Waals surface area contributed by atoms with E-state index >= 15 is 0 Å². The van der Waals surface area contributed by atoms with Gasteiger partial charge in [-0.05, 0) is 11.6 Å². The Labute approximate surface area is 132 Å². The lowest BCUT2D eigenvalue weighted by Crippen LogP contribution is -1.99. The van der Waals surface area contributed by atoms with Crippen LogP contribution in [0, 0.1) is 0 Å². The molecular formula is C17H14N4O2. The maximum atomic E-state index is 5.59. The van der Waals surface area contributed by atoms with Gasteiger partial charge in [-0.25, -0.2) is 15.0 Å². The van der Waals surface area contributed by atoms with E-state index in [4.69, 9.17) is 9.15 Å². The molecule has 6 heteroatoms. The van der Waals surface area contributed by atoms with Crippen molar-refractivity contribution in [3.05, 3.63) is 60.7 Å². The largest absolute Gasteiger partial charge is 0.468 e. The van der Waals surface area contributed by atoms with Crippen molar-refractivity contribution in [3.63, 3.8) is 0 Å². The lowest BCUT2D eigenvalue weighted by atomic mass is 10.2. The topological polar surface area (TPSA) is 66.0 Å². The Balaban J connectivity index is 1.77. The average molecular weight is 306 g/mol. The van der Waals surface area contributed by atoms with Gasteiger partial charge in [0, 0.05) is 6.07 Å². The van der Waals surface area contributed by atoms with Crippen LogP contribution in [-0.2, 0) is 6.54 Å². The van der Waals surface area contributed by atoms with Crippen LogP contribution in [0.4, 0.5) is 0 Å². The van der Waals surface area contributed by atoms with Crippen molar-refractivity contribution in [1.82, 2.24) is 19.5 Å². The highest BCUT2D eigenvalue weighted by Gasteiger charge is 2.15. The molecular weight excluding hydrogens is 292 g/mol. The lowest BCUT2D eigenvalue weighted by Gasteiger charge is -2.04. The number of hydrogen-bond donors (Lipinski definition) is 0. The van der Waals surface area contributed by atoms with E-state index in [0.717, 1.165) is 5.65 Å². The van der Waals surface area contributed by atoms with Gasteiger partial charge in [0.1, 0.15) is 17.5 Å². The Bertz CT molecular complexity index is 944. The molecule has 4 aromatic rings. The van der Waals surface area contributed by atoms with Crippen molar-refractivity contribution in [3.8, 4) is 17.4 Å². The van der Waals surface area contributed by atoms with E-state index in [2.05, 4.69) is 27.1 Å². The predicted octanol–water partition coefficient (Wildman–Crippen LogP) is 3.14. The molecule has 0 N–H and O–H groups in total. The fourth-order valence-electron chi connectivity index (χ4n) is 2.51. The van der Waals surface area contributed by atoms with Crippen molar-refractivity contribution >= 4 is 11.2 Å². The summed E-state index contributed by atoms with van der Waals surface area (Å²) in [7, 11) is 1.56. The lowest BCUT2D eigenvalue weighted by molar-refractivity contribution is 0.309. The molecule has 114 valence electrons. The molecule has 3 heterocycles. The van der Waals surface area contributed by atoms with Crippen LogP contribution in [-0.4, -0.2) is 26.6 Å². The predicted molar refractivity (Wildman–Crippen MR) is 85.1 cm³/mol. The molecule has 0 aliphatic heterocycles. The minimum atomic E-state index is 0.440. The van der Waals surface area contributed by atoms with E-state index in [9.17, 15) is 0 Å². The molecule has 6 nitrogen and oxygen atoms in total. The average Bonchev–Trinajstić information content (AvgIpc) is 3.23. The van der Waals surface area contributed by atoms with E-state index < -0.39 is 0 Å². The third-order valence-electron chi connectivity index (χ3n) is 3.61. The number of fused-ring (bicyclic) bond motifs is 1. The summed E-state index contributed by atoms with van der Waals surface area (Å²) in [6, 6.07) is 13.8. The number of furan rings is 1. The Hall–Kier alpha value is -3.15. The Morgan fingerprint density at radius 1 is 1.04 bits per heavy atom. The molecule has 0 atom stereocenters. The molecule has 4 rings (SSSR count). The van der Waals surface area contributed by atoms with Gasteiger partial charge in [-0.15, -0.1) is 0 Å². The van der Waals surface area contributed by atoms with Crippen molar-refractivity contribution in [1.29, 1.82) is 0 Å². The number of imidazole rings is 1. The zero-order valence-electron chi connectivity index (χ0n) is 12.5. The maximum absolute atomic E-state index is 5.59. The number of methoxy groups -OCH3 is 1. The fraction of sp³-hybridized carbons (Fsp3) is 0.118. The first kappa shape index (κ1) is 13.5. The number of rotatable bonds is 4. The van der Waals surface area contributed by atoms with Gasteiger partial charge in [0.2, 0.25) is 0 Å². The van der Waals surface area contributed by atoms with E-state index in [1.165, 1.54) is 11.9 Å². The van der Waals surface area contributed by atoms with Crippen LogP contribution in [0.3, 0.4) is 0 Å². The molecule has 0 spiro atoms. The summed E-state index contributed by atoms with van der Waals surface area (Å²) >= 11 is 0. The minimum absolute atomic E-state index is 0.440. The van der Waals surface area contributed by atoms with Crippen LogP contribution in [0.1, 0.15) is 5.56 Å². The van der Waals surface area contributed by atoms with Gasteiger partial charge in [-0.1, -0.05) is 30.3 Å². The molecule has 0 bridgehead atoms. The van der Waals surface area contributed by atoms with Gasteiger partial charge >= 0.3 is 0 Å². The molecule has 0 unspecified atom stereocenters. The number of hydrogen-bond acceptors (Lipinski definition) is 5. The van der Waals surface area contributed by atoms with E-state index in [0.29, 0.717) is 29.5 Å². The summed E-state index contributed by atoms with van der Waals surface area (Å²) in [5.74, 6) is 1.05. The van der Waals surface area contributed by atoms with Gasteiger partial charge in [0.25, 0.3) is 5.95 Å². The molecule has 0 saturated carbocycles. The molecule has 0 aliphatic carbocycles. The summed E-state index contributed by atoms with van der Waals surface area (Å²) in [6.07, 6.45) is 3.30.